The molecule has 0 atom stereocenters. The lowest BCUT2D eigenvalue weighted by molar-refractivity contribution is 0.0322. The number of amidine groups is 1. The van der Waals surface area contributed by atoms with Gasteiger partial charge in [0.15, 0.2) is 11.7 Å². The maximum atomic E-state index is 12.4. The molecule has 0 saturated carbocycles. The van der Waals surface area contributed by atoms with Crippen LogP contribution >= 0.6 is 0 Å². The maximum absolute atomic E-state index is 12.4. The lowest BCUT2D eigenvalue weighted by Crippen LogP contribution is -2.50. The fourth-order valence-corrected chi connectivity index (χ4v) is 3.87. The first-order chi connectivity index (χ1) is 16.0. The first-order valence-electron chi connectivity index (χ1n) is 11.5. The van der Waals surface area contributed by atoms with E-state index in [-0.39, 0.29) is 11.7 Å². The molecule has 2 aliphatic heterocycles. The minimum absolute atomic E-state index is 0.0196. The number of morpholine rings is 1. The SMILES string of the molecule is CC/C=c1/c2c(nc(=O)n1C)N(C(C)C)N=C(c1ccc(OCCN3CCOCC3)cc1)N=2. The summed E-state index contributed by atoms with van der Waals surface area (Å²) in [5.41, 5.74) is 0.565. The quantitative estimate of drug-likeness (QED) is 0.621. The van der Waals surface area contributed by atoms with Crippen molar-refractivity contribution in [3.8, 4) is 5.75 Å². The third kappa shape index (κ3) is 5.15. The third-order valence-electron chi connectivity index (χ3n) is 5.72. The van der Waals surface area contributed by atoms with Crippen LogP contribution in [0.25, 0.3) is 6.08 Å². The highest BCUT2D eigenvalue weighted by Gasteiger charge is 2.22. The Kier molecular flexibility index (Phi) is 7.20. The third-order valence-corrected chi connectivity index (χ3v) is 5.72. The molecule has 1 aromatic heterocycles. The summed E-state index contributed by atoms with van der Waals surface area (Å²) >= 11 is 0. The molecule has 1 saturated heterocycles. The first-order valence-corrected chi connectivity index (χ1v) is 11.5. The van der Waals surface area contributed by atoms with E-state index in [1.165, 1.54) is 0 Å². The second-order valence-corrected chi connectivity index (χ2v) is 8.42. The van der Waals surface area contributed by atoms with E-state index in [1.807, 2.05) is 51.1 Å². The zero-order valence-corrected chi connectivity index (χ0v) is 19.8. The van der Waals surface area contributed by atoms with Crippen LogP contribution in [0.1, 0.15) is 32.8 Å². The van der Waals surface area contributed by atoms with Gasteiger partial charge in [-0.2, -0.15) is 10.1 Å². The first kappa shape index (κ1) is 23.1. The fourth-order valence-electron chi connectivity index (χ4n) is 3.87. The fraction of sp³-hybridized carbons (Fsp3) is 0.500. The Balaban J connectivity index is 1.59. The van der Waals surface area contributed by atoms with Gasteiger partial charge in [0.25, 0.3) is 0 Å². The highest BCUT2D eigenvalue weighted by molar-refractivity contribution is 6.00. The summed E-state index contributed by atoms with van der Waals surface area (Å²) in [6, 6.07) is 7.84. The van der Waals surface area contributed by atoms with Gasteiger partial charge in [-0.15, -0.1) is 0 Å². The minimum Gasteiger partial charge on any atom is -0.492 e. The van der Waals surface area contributed by atoms with E-state index < -0.39 is 0 Å². The Morgan fingerprint density at radius 2 is 1.91 bits per heavy atom. The lowest BCUT2D eigenvalue weighted by atomic mass is 10.2. The predicted octanol–water partition coefficient (Wildman–Crippen LogP) is 0.892. The summed E-state index contributed by atoms with van der Waals surface area (Å²) in [7, 11) is 1.72. The van der Waals surface area contributed by atoms with Crippen molar-refractivity contribution in [2.24, 2.45) is 17.1 Å². The van der Waals surface area contributed by atoms with Gasteiger partial charge in [-0.3, -0.25) is 9.47 Å². The van der Waals surface area contributed by atoms with Crippen molar-refractivity contribution in [3.05, 3.63) is 51.0 Å². The summed E-state index contributed by atoms with van der Waals surface area (Å²) in [5, 5.41) is 7.92. The molecule has 2 aliphatic rings. The van der Waals surface area contributed by atoms with Crippen LogP contribution < -0.4 is 26.1 Å². The van der Waals surface area contributed by atoms with E-state index in [0.717, 1.165) is 55.9 Å². The summed E-state index contributed by atoms with van der Waals surface area (Å²) in [4.78, 5) is 23.8. The van der Waals surface area contributed by atoms with Crippen LogP contribution in [0.3, 0.4) is 0 Å². The Labute approximate surface area is 193 Å². The number of rotatable bonds is 7. The normalized spacial score (nSPS) is 17.1. The van der Waals surface area contributed by atoms with Gasteiger partial charge in [0.2, 0.25) is 0 Å². The van der Waals surface area contributed by atoms with Gasteiger partial charge in [-0.25, -0.2) is 14.8 Å². The van der Waals surface area contributed by atoms with Gasteiger partial charge in [0.1, 0.15) is 17.7 Å². The molecule has 0 radical (unpaired) electrons. The van der Waals surface area contributed by atoms with Crippen molar-refractivity contribution >= 4 is 17.7 Å². The average Bonchev–Trinajstić information content (AvgIpc) is 2.82. The van der Waals surface area contributed by atoms with Gasteiger partial charge in [0, 0.05) is 38.3 Å². The number of hydrogen-bond acceptors (Lipinski definition) is 8. The monoisotopic (exact) mass is 452 g/mol. The Hall–Kier alpha value is -3.04. The maximum Gasteiger partial charge on any atom is 0.349 e. The molecule has 9 nitrogen and oxygen atoms in total. The van der Waals surface area contributed by atoms with Crippen molar-refractivity contribution in [2.45, 2.75) is 33.2 Å². The second-order valence-electron chi connectivity index (χ2n) is 8.42. The van der Waals surface area contributed by atoms with Crippen molar-refractivity contribution in [1.82, 2.24) is 14.5 Å². The van der Waals surface area contributed by atoms with E-state index in [2.05, 4.69) is 9.88 Å². The lowest BCUT2D eigenvalue weighted by Gasteiger charge is -2.26. The van der Waals surface area contributed by atoms with Gasteiger partial charge in [-0.1, -0.05) is 13.0 Å². The highest BCUT2D eigenvalue weighted by atomic mass is 16.5. The standard InChI is InChI=1S/C24H32N6O3/c1-5-6-20-21-23(26-24(31)28(20)4)30(17(2)3)27-22(25-21)18-7-9-19(10-8-18)33-16-13-29-11-14-32-15-12-29/h6-10,17H,5,11-16H2,1-4H3/b20-6-. The van der Waals surface area contributed by atoms with Crippen LogP contribution in [0, 0.1) is 0 Å². The topological polar surface area (TPSA) is 84.5 Å². The van der Waals surface area contributed by atoms with Gasteiger partial charge in [-0.05, 0) is 44.5 Å². The molecule has 0 bridgehead atoms. The van der Waals surface area contributed by atoms with E-state index in [9.17, 15) is 4.79 Å². The molecule has 176 valence electrons. The zero-order valence-electron chi connectivity index (χ0n) is 19.8. The molecule has 0 amide bonds. The molecule has 0 unspecified atom stereocenters. The molecule has 33 heavy (non-hydrogen) atoms. The van der Waals surface area contributed by atoms with Crippen LogP contribution in [0.4, 0.5) is 5.82 Å². The van der Waals surface area contributed by atoms with E-state index in [0.29, 0.717) is 23.6 Å². The number of anilines is 1. The minimum atomic E-state index is -0.313. The molecular formula is C24H32N6O3. The molecule has 1 fully saturated rings. The van der Waals surface area contributed by atoms with Gasteiger partial charge >= 0.3 is 5.69 Å². The van der Waals surface area contributed by atoms with Crippen LogP contribution in [0.5, 0.6) is 5.75 Å². The Bertz CT molecular complexity index is 1180. The molecule has 3 heterocycles. The number of nitrogens with zero attached hydrogens (tertiary/aromatic N) is 6. The molecule has 9 heteroatoms. The van der Waals surface area contributed by atoms with E-state index >= 15 is 0 Å². The van der Waals surface area contributed by atoms with Crippen LogP contribution in [-0.4, -0.2) is 65.8 Å². The molecule has 2 aromatic rings. The van der Waals surface area contributed by atoms with Crippen molar-refractivity contribution in [2.75, 3.05) is 44.5 Å². The number of hydrogen-bond donors (Lipinski definition) is 0. The average molecular weight is 453 g/mol. The van der Waals surface area contributed by atoms with Crippen molar-refractivity contribution in [3.63, 3.8) is 0 Å². The summed E-state index contributed by atoms with van der Waals surface area (Å²) in [6.45, 7) is 11.1. The number of fused-ring (bicyclic) bond motifs is 1. The van der Waals surface area contributed by atoms with Crippen molar-refractivity contribution < 1.29 is 9.47 Å². The number of aromatic nitrogens is 2. The number of benzene rings is 1. The van der Waals surface area contributed by atoms with E-state index in [1.54, 1.807) is 16.6 Å². The number of ether oxygens (including phenoxy) is 2. The summed E-state index contributed by atoms with van der Waals surface area (Å²) in [5.74, 6) is 1.90. The predicted molar refractivity (Wildman–Crippen MR) is 128 cm³/mol. The molecule has 0 spiro atoms. The van der Waals surface area contributed by atoms with Crippen LogP contribution in [-0.2, 0) is 11.8 Å². The highest BCUT2D eigenvalue weighted by Crippen LogP contribution is 2.17. The van der Waals surface area contributed by atoms with Gasteiger partial charge < -0.3 is 9.47 Å². The number of hydrazone groups is 1. The van der Waals surface area contributed by atoms with Crippen LogP contribution in [0.15, 0.2) is 39.2 Å². The smallest absolute Gasteiger partial charge is 0.349 e. The largest absolute Gasteiger partial charge is 0.492 e. The summed E-state index contributed by atoms with van der Waals surface area (Å²) < 4.78 is 12.9. The Morgan fingerprint density at radius 1 is 1.18 bits per heavy atom. The molecular weight excluding hydrogens is 420 g/mol. The molecule has 0 N–H and O–H groups in total. The van der Waals surface area contributed by atoms with Crippen molar-refractivity contribution in [1.29, 1.82) is 0 Å². The Morgan fingerprint density at radius 3 is 2.58 bits per heavy atom. The van der Waals surface area contributed by atoms with Gasteiger partial charge in [0.05, 0.1) is 18.6 Å². The summed E-state index contributed by atoms with van der Waals surface area (Å²) in [6.07, 6.45) is 2.78. The zero-order chi connectivity index (χ0) is 23.4. The molecule has 0 aliphatic carbocycles. The molecule has 4 rings (SSSR count). The van der Waals surface area contributed by atoms with Crippen LogP contribution in [0.2, 0.25) is 0 Å². The molecule has 1 aromatic carbocycles. The second kappa shape index (κ2) is 10.3. The van der Waals surface area contributed by atoms with E-state index in [4.69, 9.17) is 19.6 Å².